The van der Waals surface area contributed by atoms with Gasteiger partial charge in [0.25, 0.3) is 5.69 Å². The molecule has 0 spiro atoms. The molecule has 0 saturated carbocycles. The number of aryl methyl sites for hydroxylation is 1. The van der Waals surface area contributed by atoms with Gasteiger partial charge in [-0.1, -0.05) is 35.9 Å². The number of nitro benzene ring substituents is 1. The molecule has 0 unspecified atom stereocenters. The Morgan fingerprint density at radius 3 is 2.30 bits per heavy atom. The number of amides is 2. The third kappa shape index (κ3) is 6.79. The molecular weight excluding hydrogens is 422 g/mol. The summed E-state index contributed by atoms with van der Waals surface area (Å²) in [5, 5.41) is 20.1. The summed E-state index contributed by atoms with van der Waals surface area (Å²) < 4.78 is 0. The minimum Gasteiger partial charge on any atom is -0.374 e. The second kappa shape index (κ2) is 10.8. The summed E-state index contributed by atoms with van der Waals surface area (Å²) >= 11 is 0. The minimum atomic E-state index is -0.499. The van der Waals surface area contributed by atoms with E-state index in [1.54, 1.807) is 18.2 Å². The predicted octanol–water partition coefficient (Wildman–Crippen LogP) is 4.16. The van der Waals surface area contributed by atoms with E-state index in [1.807, 2.05) is 49.4 Å². The number of hydrogen-bond acceptors (Lipinski definition) is 6. The molecule has 2 amide bonds. The maximum absolute atomic E-state index is 12.6. The highest BCUT2D eigenvalue weighted by Crippen LogP contribution is 2.29. The molecule has 0 aromatic heterocycles. The van der Waals surface area contributed by atoms with Crippen LogP contribution in [0.25, 0.3) is 0 Å². The van der Waals surface area contributed by atoms with E-state index in [-0.39, 0.29) is 30.6 Å². The molecule has 0 aliphatic rings. The van der Waals surface area contributed by atoms with Gasteiger partial charge in [-0.15, -0.1) is 0 Å². The van der Waals surface area contributed by atoms with Crippen LogP contribution in [0, 0.1) is 17.0 Å². The third-order valence-electron chi connectivity index (χ3n) is 4.84. The van der Waals surface area contributed by atoms with E-state index in [1.165, 1.54) is 24.1 Å². The Kier molecular flexibility index (Phi) is 7.59. The molecule has 3 aromatic rings. The SMILES string of the molecule is Cc1ccc(NC(=O)CN(C)C(=O)CNc2cc([N+](=O)[O-])ccc2Nc2ccccc2)cc1. The number of likely N-dealkylation sites (N-methyl/N-ethyl adjacent to an activating group) is 1. The molecule has 3 aromatic carbocycles. The molecule has 0 heterocycles. The zero-order valence-corrected chi connectivity index (χ0v) is 18.4. The van der Waals surface area contributed by atoms with E-state index in [0.717, 1.165) is 11.3 Å². The van der Waals surface area contributed by atoms with E-state index in [4.69, 9.17) is 0 Å². The van der Waals surface area contributed by atoms with Crippen molar-refractivity contribution in [3.8, 4) is 0 Å². The number of hydrogen-bond donors (Lipinski definition) is 3. The molecule has 0 aliphatic carbocycles. The standard InChI is InChI=1S/C24H25N5O4/c1-17-8-10-19(11-9-17)27-23(30)16-28(2)24(31)15-25-22-14-20(29(32)33)12-13-21(22)26-18-6-4-3-5-7-18/h3-14,25-26H,15-16H2,1-2H3,(H,27,30). The van der Waals surface area contributed by atoms with Crippen molar-refractivity contribution in [3.05, 3.63) is 88.5 Å². The van der Waals surface area contributed by atoms with Crippen LogP contribution in [0.3, 0.4) is 0 Å². The second-order valence-electron chi connectivity index (χ2n) is 7.50. The number of non-ortho nitro benzene ring substituents is 1. The Morgan fingerprint density at radius 1 is 0.939 bits per heavy atom. The molecule has 0 saturated heterocycles. The summed E-state index contributed by atoms with van der Waals surface area (Å²) in [6, 6.07) is 21.0. The van der Waals surface area contributed by atoms with Crippen LogP contribution in [0.15, 0.2) is 72.8 Å². The van der Waals surface area contributed by atoms with Crippen molar-refractivity contribution in [2.75, 3.05) is 36.1 Å². The van der Waals surface area contributed by atoms with Crippen LogP contribution in [0.4, 0.5) is 28.4 Å². The van der Waals surface area contributed by atoms with Gasteiger partial charge in [0.15, 0.2) is 0 Å². The third-order valence-corrected chi connectivity index (χ3v) is 4.84. The fourth-order valence-electron chi connectivity index (χ4n) is 3.02. The van der Waals surface area contributed by atoms with E-state index >= 15 is 0 Å². The van der Waals surface area contributed by atoms with Crippen molar-refractivity contribution < 1.29 is 14.5 Å². The van der Waals surface area contributed by atoms with Crippen LogP contribution in [0.1, 0.15) is 5.56 Å². The Morgan fingerprint density at radius 2 is 1.64 bits per heavy atom. The van der Waals surface area contributed by atoms with Crippen LogP contribution < -0.4 is 16.0 Å². The quantitative estimate of drug-likeness (QED) is 0.335. The predicted molar refractivity (Wildman–Crippen MR) is 129 cm³/mol. The van der Waals surface area contributed by atoms with Gasteiger partial charge < -0.3 is 20.9 Å². The van der Waals surface area contributed by atoms with Crippen LogP contribution in [-0.4, -0.2) is 41.8 Å². The number of rotatable bonds is 9. The van der Waals surface area contributed by atoms with Crippen molar-refractivity contribution in [2.45, 2.75) is 6.92 Å². The topological polar surface area (TPSA) is 117 Å². The number of nitrogens with one attached hydrogen (secondary N) is 3. The highest BCUT2D eigenvalue weighted by molar-refractivity contribution is 5.95. The summed E-state index contributed by atoms with van der Waals surface area (Å²) in [7, 11) is 1.52. The highest BCUT2D eigenvalue weighted by atomic mass is 16.6. The summed E-state index contributed by atoms with van der Waals surface area (Å²) in [4.78, 5) is 36.8. The van der Waals surface area contributed by atoms with Gasteiger partial charge in [0, 0.05) is 30.6 Å². The molecular formula is C24H25N5O4. The lowest BCUT2D eigenvalue weighted by atomic mass is 10.2. The first-order valence-electron chi connectivity index (χ1n) is 10.3. The number of nitro groups is 1. The summed E-state index contributed by atoms with van der Waals surface area (Å²) in [6.07, 6.45) is 0. The molecule has 0 bridgehead atoms. The molecule has 170 valence electrons. The smallest absolute Gasteiger partial charge is 0.271 e. The molecule has 0 aliphatic heterocycles. The van der Waals surface area contributed by atoms with Gasteiger partial charge in [0.05, 0.1) is 29.4 Å². The molecule has 9 nitrogen and oxygen atoms in total. The van der Waals surface area contributed by atoms with E-state index < -0.39 is 4.92 Å². The lowest BCUT2D eigenvalue weighted by molar-refractivity contribution is -0.384. The van der Waals surface area contributed by atoms with Gasteiger partial charge in [-0.25, -0.2) is 0 Å². The lowest BCUT2D eigenvalue weighted by Crippen LogP contribution is -2.38. The number of carbonyl (C=O) groups excluding carboxylic acids is 2. The van der Waals surface area contributed by atoms with Gasteiger partial charge in [0.2, 0.25) is 11.8 Å². The Labute approximate surface area is 191 Å². The second-order valence-corrected chi connectivity index (χ2v) is 7.50. The van der Waals surface area contributed by atoms with Gasteiger partial charge in [-0.05, 0) is 37.3 Å². The van der Waals surface area contributed by atoms with Crippen molar-refractivity contribution in [1.82, 2.24) is 4.90 Å². The van der Waals surface area contributed by atoms with Gasteiger partial charge in [-0.3, -0.25) is 19.7 Å². The van der Waals surface area contributed by atoms with Crippen molar-refractivity contribution in [1.29, 1.82) is 0 Å². The van der Waals surface area contributed by atoms with Crippen LogP contribution in [0.2, 0.25) is 0 Å². The number of anilines is 4. The minimum absolute atomic E-state index is 0.102. The average molecular weight is 447 g/mol. The number of para-hydroxylation sites is 1. The zero-order valence-electron chi connectivity index (χ0n) is 18.4. The van der Waals surface area contributed by atoms with E-state index in [2.05, 4.69) is 16.0 Å². The average Bonchev–Trinajstić information content (AvgIpc) is 2.80. The summed E-state index contributed by atoms with van der Waals surface area (Å²) in [6.45, 7) is 1.69. The number of carbonyl (C=O) groups is 2. The largest absolute Gasteiger partial charge is 0.374 e. The normalized spacial score (nSPS) is 10.2. The molecule has 0 atom stereocenters. The maximum Gasteiger partial charge on any atom is 0.271 e. The van der Waals surface area contributed by atoms with Crippen LogP contribution in [-0.2, 0) is 9.59 Å². The maximum atomic E-state index is 12.6. The molecule has 0 fully saturated rings. The summed E-state index contributed by atoms with van der Waals surface area (Å²) in [5.41, 5.74) is 3.41. The highest BCUT2D eigenvalue weighted by Gasteiger charge is 2.16. The Balaban J connectivity index is 1.62. The van der Waals surface area contributed by atoms with Crippen molar-refractivity contribution in [3.63, 3.8) is 0 Å². The van der Waals surface area contributed by atoms with Gasteiger partial charge >= 0.3 is 0 Å². The Hall–Kier alpha value is -4.40. The fourth-order valence-corrected chi connectivity index (χ4v) is 3.02. The van der Waals surface area contributed by atoms with E-state index in [9.17, 15) is 19.7 Å². The van der Waals surface area contributed by atoms with E-state index in [0.29, 0.717) is 17.1 Å². The van der Waals surface area contributed by atoms with Gasteiger partial charge in [-0.2, -0.15) is 0 Å². The molecule has 0 radical (unpaired) electrons. The Bertz CT molecular complexity index is 1130. The molecule has 33 heavy (non-hydrogen) atoms. The van der Waals surface area contributed by atoms with Gasteiger partial charge in [0.1, 0.15) is 0 Å². The summed E-state index contributed by atoms with van der Waals surface area (Å²) in [5.74, 6) is -0.664. The fraction of sp³-hybridized carbons (Fsp3) is 0.167. The molecule has 3 rings (SSSR count). The lowest BCUT2D eigenvalue weighted by Gasteiger charge is -2.19. The van der Waals surface area contributed by atoms with Crippen molar-refractivity contribution >= 4 is 40.3 Å². The first-order valence-corrected chi connectivity index (χ1v) is 10.3. The first kappa shape index (κ1) is 23.3. The first-order chi connectivity index (χ1) is 15.8. The monoisotopic (exact) mass is 447 g/mol. The van der Waals surface area contributed by atoms with Crippen LogP contribution in [0.5, 0.6) is 0 Å². The zero-order chi connectivity index (χ0) is 23.8. The van der Waals surface area contributed by atoms with Crippen molar-refractivity contribution in [2.24, 2.45) is 0 Å². The molecule has 3 N–H and O–H groups in total. The number of nitrogens with zero attached hydrogens (tertiary/aromatic N) is 2. The number of benzene rings is 3. The molecule has 9 heteroatoms. The van der Waals surface area contributed by atoms with Crippen LogP contribution >= 0.6 is 0 Å².